The number of rotatable bonds is 7. The van der Waals surface area contributed by atoms with E-state index in [2.05, 4.69) is 59.9 Å². The summed E-state index contributed by atoms with van der Waals surface area (Å²) in [6.07, 6.45) is 3.32. The third kappa shape index (κ3) is 4.69. The normalized spacial score (nSPS) is 10.7. The number of amides is 1. The third-order valence-electron chi connectivity index (χ3n) is 4.26. The van der Waals surface area contributed by atoms with Crippen molar-refractivity contribution in [2.75, 3.05) is 6.54 Å². The van der Waals surface area contributed by atoms with Crippen molar-refractivity contribution in [2.24, 2.45) is 0 Å². The van der Waals surface area contributed by atoms with Gasteiger partial charge < -0.3 is 5.32 Å². The number of hydrogen-bond donors (Lipinski definition) is 1. The van der Waals surface area contributed by atoms with Crippen molar-refractivity contribution in [3.8, 4) is 0 Å². The quantitative estimate of drug-likeness (QED) is 0.638. The van der Waals surface area contributed by atoms with Crippen molar-refractivity contribution in [2.45, 2.75) is 25.7 Å². The zero-order valence-corrected chi connectivity index (χ0v) is 13.9. The summed E-state index contributed by atoms with van der Waals surface area (Å²) in [6, 6.07) is 25.1. The molecule has 0 heterocycles. The minimum atomic E-state index is 0.135. The molecule has 3 rings (SSSR count). The second-order valence-electron chi connectivity index (χ2n) is 6.12. The van der Waals surface area contributed by atoms with Gasteiger partial charge in [0.1, 0.15) is 0 Å². The predicted octanol–water partition coefficient (Wildman–Crippen LogP) is 4.52. The molecule has 0 saturated carbocycles. The van der Waals surface area contributed by atoms with E-state index in [-0.39, 0.29) is 5.91 Å². The van der Waals surface area contributed by atoms with E-state index < -0.39 is 0 Å². The Hall–Kier alpha value is -2.61. The lowest BCUT2D eigenvalue weighted by Crippen LogP contribution is -2.24. The Labute approximate surface area is 143 Å². The molecule has 24 heavy (non-hydrogen) atoms. The van der Waals surface area contributed by atoms with Gasteiger partial charge in [-0.2, -0.15) is 0 Å². The number of fused-ring (bicyclic) bond motifs is 1. The summed E-state index contributed by atoms with van der Waals surface area (Å²) in [5.74, 6) is 0.135. The molecule has 0 bridgehead atoms. The van der Waals surface area contributed by atoms with Crippen LogP contribution in [-0.2, 0) is 17.6 Å². The van der Waals surface area contributed by atoms with Gasteiger partial charge in [-0.25, -0.2) is 0 Å². The zero-order chi connectivity index (χ0) is 16.6. The summed E-state index contributed by atoms with van der Waals surface area (Å²) in [4.78, 5) is 12.0. The highest BCUT2D eigenvalue weighted by Gasteiger charge is 2.03. The van der Waals surface area contributed by atoms with Gasteiger partial charge in [-0.15, -0.1) is 0 Å². The van der Waals surface area contributed by atoms with Crippen LogP contribution in [0, 0.1) is 0 Å². The molecular formula is C22H23NO. The van der Waals surface area contributed by atoms with E-state index in [1.165, 1.54) is 21.9 Å². The Morgan fingerprint density at radius 3 is 2.33 bits per heavy atom. The number of carbonyl (C=O) groups is 1. The first kappa shape index (κ1) is 16.3. The van der Waals surface area contributed by atoms with Crippen LogP contribution in [0.25, 0.3) is 10.8 Å². The lowest BCUT2D eigenvalue weighted by molar-refractivity contribution is -0.121. The van der Waals surface area contributed by atoms with Crippen molar-refractivity contribution in [3.05, 3.63) is 83.9 Å². The maximum Gasteiger partial charge on any atom is 0.220 e. The molecule has 0 aliphatic heterocycles. The van der Waals surface area contributed by atoms with Gasteiger partial charge in [0, 0.05) is 13.0 Å². The molecule has 0 spiro atoms. The predicted molar refractivity (Wildman–Crippen MR) is 100 cm³/mol. The fourth-order valence-electron chi connectivity index (χ4n) is 2.91. The topological polar surface area (TPSA) is 29.1 Å². The molecule has 3 aromatic rings. The Bertz CT molecular complexity index is 795. The van der Waals surface area contributed by atoms with E-state index in [1.807, 2.05) is 18.2 Å². The van der Waals surface area contributed by atoms with Crippen LogP contribution in [0.5, 0.6) is 0 Å². The van der Waals surface area contributed by atoms with Crippen LogP contribution in [0.4, 0.5) is 0 Å². The number of nitrogens with one attached hydrogen (secondary N) is 1. The SMILES string of the molecule is O=C(CCc1ccc2ccccc2c1)NCCCc1ccccc1. The largest absolute Gasteiger partial charge is 0.356 e. The van der Waals surface area contributed by atoms with Crippen LogP contribution < -0.4 is 5.32 Å². The standard InChI is InChI=1S/C22H23NO/c24-22(23-16-6-9-18-7-2-1-3-8-18)15-13-19-12-14-20-10-4-5-11-21(20)17-19/h1-5,7-8,10-12,14,17H,6,9,13,15-16H2,(H,23,24). The van der Waals surface area contributed by atoms with Crippen LogP contribution in [-0.4, -0.2) is 12.5 Å². The van der Waals surface area contributed by atoms with Crippen molar-refractivity contribution in [1.29, 1.82) is 0 Å². The van der Waals surface area contributed by atoms with E-state index in [0.29, 0.717) is 6.42 Å². The van der Waals surface area contributed by atoms with Gasteiger partial charge in [0.2, 0.25) is 5.91 Å². The van der Waals surface area contributed by atoms with Crippen LogP contribution in [0.3, 0.4) is 0 Å². The first-order valence-corrected chi connectivity index (χ1v) is 8.59. The summed E-state index contributed by atoms with van der Waals surface area (Å²) < 4.78 is 0. The van der Waals surface area contributed by atoms with E-state index in [4.69, 9.17) is 0 Å². The molecule has 0 atom stereocenters. The minimum Gasteiger partial charge on any atom is -0.356 e. The van der Waals surface area contributed by atoms with Crippen molar-refractivity contribution in [3.63, 3.8) is 0 Å². The van der Waals surface area contributed by atoms with Crippen LogP contribution in [0.15, 0.2) is 72.8 Å². The number of aryl methyl sites for hydroxylation is 2. The summed E-state index contributed by atoms with van der Waals surface area (Å²) >= 11 is 0. The molecule has 122 valence electrons. The average molecular weight is 317 g/mol. The van der Waals surface area contributed by atoms with Crippen molar-refractivity contribution in [1.82, 2.24) is 5.32 Å². The summed E-state index contributed by atoms with van der Waals surface area (Å²) in [6.45, 7) is 0.742. The molecule has 0 fully saturated rings. The fraction of sp³-hybridized carbons (Fsp3) is 0.227. The lowest BCUT2D eigenvalue weighted by atomic mass is 10.0. The van der Waals surface area contributed by atoms with Gasteiger partial charge in [0.25, 0.3) is 0 Å². The van der Waals surface area contributed by atoms with Gasteiger partial charge in [-0.3, -0.25) is 4.79 Å². The Morgan fingerprint density at radius 1 is 0.750 bits per heavy atom. The molecule has 0 aromatic heterocycles. The van der Waals surface area contributed by atoms with Gasteiger partial charge in [-0.05, 0) is 41.2 Å². The van der Waals surface area contributed by atoms with Crippen LogP contribution >= 0.6 is 0 Å². The maximum atomic E-state index is 12.0. The van der Waals surface area contributed by atoms with Crippen LogP contribution in [0.1, 0.15) is 24.0 Å². The first-order chi connectivity index (χ1) is 11.8. The molecule has 1 N–H and O–H groups in total. The lowest BCUT2D eigenvalue weighted by Gasteiger charge is -2.06. The molecule has 3 aromatic carbocycles. The van der Waals surface area contributed by atoms with E-state index in [1.54, 1.807) is 0 Å². The molecule has 2 nitrogen and oxygen atoms in total. The highest BCUT2D eigenvalue weighted by molar-refractivity contribution is 5.83. The van der Waals surface area contributed by atoms with E-state index in [0.717, 1.165) is 25.8 Å². The Morgan fingerprint density at radius 2 is 1.50 bits per heavy atom. The second kappa shape index (κ2) is 8.30. The van der Waals surface area contributed by atoms with E-state index in [9.17, 15) is 4.79 Å². The third-order valence-corrected chi connectivity index (χ3v) is 4.26. The maximum absolute atomic E-state index is 12.0. The Balaban J connectivity index is 1.40. The highest BCUT2D eigenvalue weighted by Crippen LogP contribution is 2.16. The number of hydrogen-bond acceptors (Lipinski definition) is 1. The fourth-order valence-corrected chi connectivity index (χ4v) is 2.91. The van der Waals surface area contributed by atoms with Crippen molar-refractivity contribution < 1.29 is 4.79 Å². The molecule has 0 radical (unpaired) electrons. The average Bonchev–Trinajstić information content (AvgIpc) is 2.64. The van der Waals surface area contributed by atoms with Crippen molar-refractivity contribution >= 4 is 16.7 Å². The first-order valence-electron chi connectivity index (χ1n) is 8.59. The zero-order valence-electron chi connectivity index (χ0n) is 13.9. The molecular weight excluding hydrogens is 294 g/mol. The molecule has 0 aliphatic rings. The van der Waals surface area contributed by atoms with Gasteiger partial charge in [-0.1, -0.05) is 72.8 Å². The minimum absolute atomic E-state index is 0.135. The smallest absolute Gasteiger partial charge is 0.220 e. The number of carbonyl (C=O) groups excluding carboxylic acids is 1. The molecule has 0 saturated heterocycles. The summed E-state index contributed by atoms with van der Waals surface area (Å²) in [5.41, 5.74) is 2.54. The molecule has 0 aliphatic carbocycles. The van der Waals surface area contributed by atoms with Gasteiger partial charge >= 0.3 is 0 Å². The Kier molecular flexibility index (Phi) is 5.62. The molecule has 2 heteroatoms. The van der Waals surface area contributed by atoms with Gasteiger partial charge in [0.15, 0.2) is 0 Å². The summed E-state index contributed by atoms with van der Waals surface area (Å²) in [5, 5.41) is 5.50. The molecule has 0 unspecified atom stereocenters. The van der Waals surface area contributed by atoms with E-state index >= 15 is 0 Å². The van der Waals surface area contributed by atoms with Crippen LogP contribution in [0.2, 0.25) is 0 Å². The second-order valence-corrected chi connectivity index (χ2v) is 6.12. The molecule has 1 amide bonds. The summed E-state index contributed by atoms with van der Waals surface area (Å²) in [7, 11) is 0. The number of benzene rings is 3. The van der Waals surface area contributed by atoms with Gasteiger partial charge in [0.05, 0.1) is 0 Å². The highest BCUT2D eigenvalue weighted by atomic mass is 16.1. The monoisotopic (exact) mass is 317 g/mol.